The molecule has 128 valence electrons. The number of phenolic OH excluding ortho intramolecular Hbond substituents is 1. The monoisotopic (exact) mass is 349 g/mol. The van der Waals surface area contributed by atoms with Crippen molar-refractivity contribution in [2.24, 2.45) is 0 Å². The molecule has 1 amide bonds. The van der Waals surface area contributed by atoms with Gasteiger partial charge in [0.15, 0.2) is 28.8 Å². The molecule has 0 atom stereocenters. The van der Waals surface area contributed by atoms with Crippen LogP contribution >= 0.6 is 0 Å². The van der Waals surface area contributed by atoms with Gasteiger partial charge in [-0.25, -0.2) is 13.0 Å². The molecule has 0 aliphatic rings. The van der Waals surface area contributed by atoms with Crippen molar-refractivity contribution in [3.05, 3.63) is 48.3 Å². The Bertz CT molecular complexity index is 830. The minimum absolute atomic E-state index is 0.0464. The van der Waals surface area contributed by atoms with Crippen molar-refractivity contribution in [3.8, 4) is 5.75 Å². The number of hydrogen-bond donors (Lipinski definition) is 2. The lowest BCUT2D eigenvalue weighted by atomic mass is 10.2. The maximum absolute atomic E-state index is 12.1. The summed E-state index contributed by atoms with van der Waals surface area (Å²) in [5.41, 5.74) is 1.23. The molecule has 0 bridgehead atoms. The summed E-state index contributed by atoms with van der Waals surface area (Å²) in [6.07, 6.45) is 3.97. The van der Waals surface area contributed by atoms with Crippen LogP contribution in [0.3, 0.4) is 0 Å². The van der Waals surface area contributed by atoms with E-state index >= 15 is 0 Å². The van der Waals surface area contributed by atoms with Crippen molar-refractivity contribution in [3.63, 3.8) is 0 Å². The lowest BCUT2D eigenvalue weighted by molar-refractivity contribution is -0.695. The van der Waals surface area contributed by atoms with Crippen LogP contribution in [0.4, 0.5) is 5.69 Å². The van der Waals surface area contributed by atoms with E-state index in [0.29, 0.717) is 6.54 Å². The van der Waals surface area contributed by atoms with Crippen LogP contribution in [0.5, 0.6) is 5.75 Å². The van der Waals surface area contributed by atoms with Crippen LogP contribution in [0.2, 0.25) is 0 Å². The van der Waals surface area contributed by atoms with Gasteiger partial charge in [-0.2, -0.15) is 0 Å². The van der Waals surface area contributed by atoms with Gasteiger partial charge in [-0.3, -0.25) is 4.79 Å². The number of rotatable bonds is 6. The second-order valence-corrected chi connectivity index (χ2v) is 7.77. The van der Waals surface area contributed by atoms with Gasteiger partial charge in [-0.05, 0) is 30.7 Å². The molecule has 1 aromatic heterocycles. The molecule has 0 radical (unpaired) electrons. The third kappa shape index (κ3) is 4.55. The number of nitrogens with zero attached hydrogens (tertiary/aromatic N) is 1. The Balaban J connectivity index is 2.05. The second kappa shape index (κ2) is 7.44. The molecule has 7 heteroatoms. The van der Waals surface area contributed by atoms with Gasteiger partial charge in [0.05, 0.1) is 22.8 Å². The van der Waals surface area contributed by atoms with Gasteiger partial charge in [0, 0.05) is 12.1 Å². The molecule has 2 rings (SSSR count). The first kappa shape index (κ1) is 17.9. The molecule has 0 saturated heterocycles. The zero-order valence-corrected chi connectivity index (χ0v) is 14.5. The minimum Gasteiger partial charge on any atom is -0.506 e. The van der Waals surface area contributed by atoms with E-state index in [1.807, 2.05) is 36.0 Å². The van der Waals surface area contributed by atoms with Crippen molar-refractivity contribution in [1.29, 1.82) is 0 Å². The molecule has 0 fully saturated rings. The van der Waals surface area contributed by atoms with Crippen molar-refractivity contribution in [2.45, 2.75) is 31.7 Å². The Kier molecular flexibility index (Phi) is 5.56. The average molecular weight is 349 g/mol. The first-order valence-corrected chi connectivity index (χ1v) is 9.28. The normalized spacial score (nSPS) is 11.2. The molecule has 0 unspecified atom stereocenters. The van der Waals surface area contributed by atoms with Gasteiger partial charge >= 0.3 is 0 Å². The number of anilines is 1. The van der Waals surface area contributed by atoms with Crippen molar-refractivity contribution < 1.29 is 22.9 Å². The molecule has 0 saturated carbocycles. The van der Waals surface area contributed by atoms with E-state index in [2.05, 4.69) is 5.32 Å². The Morgan fingerprint density at radius 3 is 2.50 bits per heavy atom. The number of aromatic nitrogens is 1. The maximum Gasteiger partial charge on any atom is 0.230 e. The number of nitrogens with one attached hydrogen (secondary N) is 1. The molecule has 1 aromatic carbocycles. The standard InChI is InChI=1S/C17H20N2O4S/c1-3-24(22,23)14-4-5-16(20)15(12-14)18-17(21)8-11-19-9-6-13(2)7-10-19/h4-7,9-10,12H,3,8,11H2,1-2H3,(H-,18,20,21)/p+1. The number of carbonyl (C=O) groups is 1. The first-order chi connectivity index (χ1) is 11.3. The summed E-state index contributed by atoms with van der Waals surface area (Å²) in [4.78, 5) is 12.1. The highest BCUT2D eigenvalue weighted by atomic mass is 32.2. The van der Waals surface area contributed by atoms with Gasteiger partial charge in [0.2, 0.25) is 5.91 Å². The highest BCUT2D eigenvalue weighted by Crippen LogP contribution is 2.27. The molecule has 24 heavy (non-hydrogen) atoms. The second-order valence-electron chi connectivity index (χ2n) is 5.49. The third-order valence-electron chi connectivity index (χ3n) is 3.64. The summed E-state index contributed by atoms with van der Waals surface area (Å²) in [5.74, 6) is -0.513. The molecule has 6 nitrogen and oxygen atoms in total. The van der Waals surface area contributed by atoms with E-state index in [-0.39, 0.29) is 34.4 Å². The molecular formula is C17H21N2O4S+. The van der Waals surface area contributed by atoms with E-state index < -0.39 is 9.84 Å². The van der Waals surface area contributed by atoms with E-state index in [0.717, 1.165) is 5.56 Å². The number of hydrogen-bond acceptors (Lipinski definition) is 4. The quantitative estimate of drug-likeness (QED) is 0.615. The number of amides is 1. The van der Waals surface area contributed by atoms with E-state index in [4.69, 9.17) is 0 Å². The first-order valence-electron chi connectivity index (χ1n) is 7.63. The summed E-state index contributed by atoms with van der Waals surface area (Å²) in [7, 11) is -3.40. The number of sulfone groups is 1. The molecule has 0 spiro atoms. The highest BCUT2D eigenvalue weighted by Gasteiger charge is 2.15. The topological polar surface area (TPSA) is 87.3 Å². The van der Waals surface area contributed by atoms with E-state index in [9.17, 15) is 18.3 Å². The van der Waals surface area contributed by atoms with Crippen LogP contribution in [0.15, 0.2) is 47.6 Å². The fourth-order valence-corrected chi connectivity index (χ4v) is 3.01. The maximum atomic E-state index is 12.1. The van der Waals surface area contributed by atoms with Gasteiger partial charge in [0.1, 0.15) is 5.75 Å². The summed E-state index contributed by atoms with van der Waals surface area (Å²) in [6, 6.07) is 7.77. The fourth-order valence-electron chi connectivity index (χ4n) is 2.10. The number of pyridine rings is 1. The summed E-state index contributed by atoms with van der Waals surface area (Å²) >= 11 is 0. The molecule has 2 N–H and O–H groups in total. The molecule has 2 aromatic rings. The summed E-state index contributed by atoms with van der Waals surface area (Å²) < 4.78 is 25.7. The lowest BCUT2D eigenvalue weighted by Crippen LogP contribution is -2.34. The van der Waals surface area contributed by atoms with Crippen LogP contribution in [0.1, 0.15) is 18.9 Å². The van der Waals surface area contributed by atoms with Crippen molar-refractivity contribution in [1.82, 2.24) is 0 Å². The predicted molar refractivity (Wildman–Crippen MR) is 90.5 cm³/mol. The smallest absolute Gasteiger partial charge is 0.230 e. The third-order valence-corrected chi connectivity index (χ3v) is 5.37. The Labute approximate surface area is 141 Å². The number of carbonyl (C=O) groups excluding carboxylic acids is 1. The number of aromatic hydroxyl groups is 1. The van der Waals surface area contributed by atoms with Crippen molar-refractivity contribution >= 4 is 21.4 Å². The number of phenols is 1. The molecule has 0 aliphatic carbocycles. The van der Waals surface area contributed by atoms with Crippen LogP contribution in [-0.4, -0.2) is 25.2 Å². The minimum atomic E-state index is -3.40. The summed E-state index contributed by atoms with van der Waals surface area (Å²) in [6.45, 7) is 4.01. The van der Waals surface area contributed by atoms with Crippen LogP contribution in [0, 0.1) is 6.92 Å². The highest BCUT2D eigenvalue weighted by molar-refractivity contribution is 7.91. The van der Waals surface area contributed by atoms with Gasteiger partial charge < -0.3 is 10.4 Å². The fraction of sp³-hybridized carbons (Fsp3) is 0.294. The largest absolute Gasteiger partial charge is 0.506 e. The lowest BCUT2D eigenvalue weighted by Gasteiger charge is -2.09. The Morgan fingerprint density at radius 1 is 1.21 bits per heavy atom. The Hall–Kier alpha value is -2.41. The number of benzene rings is 1. The van der Waals surface area contributed by atoms with Gasteiger partial charge in [-0.15, -0.1) is 0 Å². The average Bonchev–Trinajstić information content (AvgIpc) is 2.56. The number of aryl methyl sites for hydroxylation is 2. The van der Waals surface area contributed by atoms with Crippen LogP contribution in [-0.2, 0) is 21.2 Å². The van der Waals surface area contributed by atoms with Gasteiger partial charge in [0.25, 0.3) is 0 Å². The zero-order chi connectivity index (χ0) is 17.7. The molecule has 0 aliphatic heterocycles. The Morgan fingerprint density at radius 2 is 1.88 bits per heavy atom. The summed E-state index contributed by atoms with van der Waals surface area (Å²) in [5, 5.41) is 12.4. The van der Waals surface area contributed by atoms with E-state index in [1.165, 1.54) is 18.2 Å². The SMILES string of the molecule is CCS(=O)(=O)c1ccc(O)c(NC(=O)CC[n+]2ccc(C)cc2)c1. The van der Waals surface area contributed by atoms with Crippen LogP contribution in [0.25, 0.3) is 0 Å². The van der Waals surface area contributed by atoms with E-state index in [1.54, 1.807) is 6.92 Å². The zero-order valence-electron chi connectivity index (χ0n) is 13.7. The molecular weight excluding hydrogens is 328 g/mol. The van der Waals surface area contributed by atoms with Gasteiger partial charge in [-0.1, -0.05) is 6.92 Å². The van der Waals surface area contributed by atoms with Crippen LogP contribution < -0.4 is 9.88 Å². The molecule has 1 heterocycles. The van der Waals surface area contributed by atoms with Crippen molar-refractivity contribution in [2.75, 3.05) is 11.1 Å². The predicted octanol–water partition coefficient (Wildman–Crippen LogP) is 1.81.